The van der Waals surface area contributed by atoms with Crippen molar-refractivity contribution < 1.29 is 9.90 Å². The minimum atomic E-state index is -0.811. The first kappa shape index (κ1) is 12.0. The van der Waals surface area contributed by atoms with E-state index in [1.54, 1.807) is 4.68 Å². The lowest BCUT2D eigenvalue weighted by Gasteiger charge is -2.20. The van der Waals surface area contributed by atoms with Gasteiger partial charge in [-0.25, -0.2) is 4.68 Å². The fraction of sp³-hybridized carbons (Fsp3) is 0.818. The molecular weight excluding hydrogens is 220 g/mol. The van der Waals surface area contributed by atoms with Crippen molar-refractivity contribution >= 4 is 5.97 Å². The Morgan fingerprint density at radius 1 is 1.59 bits per heavy atom. The lowest BCUT2D eigenvalue weighted by molar-refractivity contribution is -0.138. The summed E-state index contributed by atoms with van der Waals surface area (Å²) in [6, 6.07) is -0.162. The maximum Gasteiger partial charge on any atom is 0.305 e. The third-order valence-corrected chi connectivity index (χ3v) is 3.43. The number of rotatable bonds is 5. The van der Waals surface area contributed by atoms with Crippen molar-refractivity contribution in [3.8, 4) is 0 Å². The Labute approximate surface area is 100 Å². The van der Waals surface area contributed by atoms with E-state index in [0.29, 0.717) is 11.8 Å². The minimum absolute atomic E-state index is 0.0663. The Morgan fingerprint density at radius 2 is 2.24 bits per heavy atom. The zero-order valence-corrected chi connectivity index (χ0v) is 10.4. The van der Waals surface area contributed by atoms with Gasteiger partial charge in [-0.3, -0.25) is 4.79 Å². The predicted molar refractivity (Wildman–Crippen MR) is 60.5 cm³/mol. The van der Waals surface area contributed by atoms with E-state index in [-0.39, 0.29) is 18.4 Å². The van der Waals surface area contributed by atoms with Crippen LogP contribution in [0.1, 0.15) is 51.4 Å². The summed E-state index contributed by atoms with van der Waals surface area (Å²) in [6.45, 7) is 6.15. The number of aliphatic carboxylic acids is 1. The molecule has 17 heavy (non-hydrogen) atoms. The van der Waals surface area contributed by atoms with Crippen LogP contribution in [0.15, 0.2) is 0 Å². The molecule has 1 heterocycles. The molecule has 0 saturated heterocycles. The molecule has 3 unspecified atom stereocenters. The molecule has 1 aromatic rings. The van der Waals surface area contributed by atoms with Gasteiger partial charge in [0.25, 0.3) is 0 Å². The largest absolute Gasteiger partial charge is 0.481 e. The average molecular weight is 238 g/mol. The molecule has 3 atom stereocenters. The third kappa shape index (κ3) is 2.45. The van der Waals surface area contributed by atoms with Crippen LogP contribution < -0.4 is 0 Å². The van der Waals surface area contributed by atoms with Crippen LogP contribution in [0.5, 0.6) is 0 Å². The van der Waals surface area contributed by atoms with Crippen molar-refractivity contribution in [2.75, 3.05) is 0 Å². The summed E-state index contributed by atoms with van der Waals surface area (Å²) >= 11 is 0. The van der Waals surface area contributed by atoms with Crippen molar-refractivity contribution in [2.24, 2.45) is 11.8 Å². The highest BCUT2D eigenvalue weighted by Crippen LogP contribution is 2.46. The fourth-order valence-corrected chi connectivity index (χ4v) is 2.15. The monoisotopic (exact) mass is 238 g/mol. The van der Waals surface area contributed by atoms with E-state index in [1.807, 2.05) is 13.8 Å². The summed E-state index contributed by atoms with van der Waals surface area (Å²) in [5.41, 5.74) is 0. The Balaban J connectivity index is 2.23. The van der Waals surface area contributed by atoms with Crippen molar-refractivity contribution in [3.63, 3.8) is 0 Å². The molecule has 0 aliphatic heterocycles. The zero-order chi connectivity index (χ0) is 12.6. The second-order valence-electron chi connectivity index (χ2n) is 5.21. The summed E-state index contributed by atoms with van der Waals surface area (Å²) in [5, 5.41) is 20.7. The second-order valence-corrected chi connectivity index (χ2v) is 5.21. The van der Waals surface area contributed by atoms with Gasteiger partial charge in [-0.15, -0.1) is 5.10 Å². The van der Waals surface area contributed by atoms with Crippen molar-refractivity contribution in [3.05, 3.63) is 5.82 Å². The molecule has 2 rings (SSSR count). The first-order valence-corrected chi connectivity index (χ1v) is 6.00. The SMILES string of the molecule is CC(C)C(CC(=O)O)n1nnnc1C1CC1C. The first-order valence-electron chi connectivity index (χ1n) is 6.00. The first-order chi connectivity index (χ1) is 8.00. The molecule has 0 spiro atoms. The Hall–Kier alpha value is -1.46. The molecule has 0 radical (unpaired) electrons. The molecule has 94 valence electrons. The van der Waals surface area contributed by atoms with Crippen LogP contribution in [0.4, 0.5) is 0 Å². The molecule has 6 nitrogen and oxygen atoms in total. The van der Waals surface area contributed by atoms with E-state index in [4.69, 9.17) is 5.11 Å². The minimum Gasteiger partial charge on any atom is -0.481 e. The van der Waals surface area contributed by atoms with Gasteiger partial charge in [-0.05, 0) is 28.7 Å². The number of hydrogen-bond donors (Lipinski definition) is 1. The lowest BCUT2D eigenvalue weighted by Crippen LogP contribution is -2.22. The maximum atomic E-state index is 10.9. The van der Waals surface area contributed by atoms with Crippen LogP contribution in [0.25, 0.3) is 0 Å². The van der Waals surface area contributed by atoms with E-state index in [1.165, 1.54) is 0 Å². The van der Waals surface area contributed by atoms with Gasteiger partial charge in [0.2, 0.25) is 0 Å². The number of carboxylic acids is 1. The molecule has 1 aromatic heterocycles. The highest BCUT2D eigenvalue weighted by Gasteiger charge is 2.40. The van der Waals surface area contributed by atoms with Crippen molar-refractivity contribution in [1.29, 1.82) is 0 Å². The Bertz CT molecular complexity index is 415. The van der Waals surface area contributed by atoms with Gasteiger partial charge in [0, 0.05) is 5.92 Å². The molecule has 1 aliphatic carbocycles. The average Bonchev–Trinajstić information content (AvgIpc) is 2.78. The number of carbonyl (C=O) groups is 1. The third-order valence-electron chi connectivity index (χ3n) is 3.43. The number of hydrogen-bond acceptors (Lipinski definition) is 4. The topological polar surface area (TPSA) is 80.9 Å². The van der Waals surface area contributed by atoms with Gasteiger partial charge >= 0.3 is 5.97 Å². The quantitative estimate of drug-likeness (QED) is 0.840. The van der Waals surface area contributed by atoms with E-state index < -0.39 is 5.97 Å². The molecule has 0 amide bonds. The lowest BCUT2D eigenvalue weighted by atomic mass is 10.0. The number of carboxylic acid groups (broad SMARTS) is 1. The van der Waals surface area contributed by atoms with Gasteiger partial charge in [0.1, 0.15) is 0 Å². The maximum absolute atomic E-state index is 10.9. The summed E-state index contributed by atoms with van der Waals surface area (Å²) in [5.74, 6) is 1.24. The number of aromatic nitrogens is 4. The van der Waals surface area contributed by atoms with Gasteiger partial charge in [-0.2, -0.15) is 0 Å². The molecule has 6 heteroatoms. The van der Waals surface area contributed by atoms with E-state index in [2.05, 4.69) is 22.4 Å². The van der Waals surface area contributed by atoms with E-state index in [9.17, 15) is 4.79 Å². The van der Waals surface area contributed by atoms with Gasteiger partial charge in [0.15, 0.2) is 5.82 Å². The van der Waals surface area contributed by atoms with Gasteiger partial charge in [0.05, 0.1) is 12.5 Å². The highest BCUT2D eigenvalue weighted by molar-refractivity contribution is 5.67. The Kier molecular flexibility index (Phi) is 3.13. The molecular formula is C11H18N4O2. The van der Waals surface area contributed by atoms with Gasteiger partial charge < -0.3 is 5.11 Å². The van der Waals surface area contributed by atoms with Gasteiger partial charge in [-0.1, -0.05) is 20.8 Å². The number of tetrazole rings is 1. The van der Waals surface area contributed by atoms with Crippen LogP contribution in [0.2, 0.25) is 0 Å². The van der Waals surface area contributed by atoms with Crippen LogP contribution in [-0.4, -0.2) is 31.3 Å². The van der Waals surface area contributed by atoms with Crippen LogP contribution in [-0.2, 0) is 4.79 Å². The number of nitrogens with zero attached hydrogens (tertiary/aromatic N) is 4. The molecule has 1 fully saturated rings. The molecule has 1 saturated carbocycles. The summed E-state index contributed by atoms with van der Waals surface area (Å²) < 4.78 is 1.72. The summed E-state index contributed by atoms with van der Waals surface area (Å²) in [7, 11) is 0. The van der Waals surface area contributed by atoms with Crippen molar-refractivity contribution in [1.82, 2.24) is 20.2 Å². The molecule has 0 aromatic carbocycles. The van der Waals surface area contributed by atoms with E-state index in [0.717, 1.165) is 12.2 Å². The van der Waals surface area contributed by atoms with Crippen LogP contribution in [0, 0.1) is 11.8 Å². The van der Waals surface area contributed by atoms with E-state index >= 15 is 0 Å². The molecule has 1 N–H and O–H groups in total. The Morgan fingerprint density at radius 3 is 2.71 bits per heavy atom. The highest BCUT2D eigenvalue weighted by atomic mass is 16.4. The summed E-state index contributed by atoms with van der Waals surface area (Å²) in [4.78, 5) is 10.9. The predicted octanol–water partition coefficient (Wildman–Crippen LogP) is 1.47. The zero-order valence-electron chi connectivity index (χ0n) is 10.4. The standard InChI is InChI=1S/C11H18N4O2/c1-6(2)9(5-10(16)17)15-11(12-13-14-15)8-4-7(8)3/h6-9H,4-5H2,1-3H3,(H,16,17). The van der Waals surface area contributed by atoms with Crippen LogP contribution in [0.3, 0.4) is 0 Å². The fourth-order valence-electron chi connectivity index (χ4n) is 2.15. The smallest absolute Gasteiger partial charge is 0.305 e. The molecule has 1 aliphatic rings. The second kappa shape index (κ2) is 4.43. The summed E-state index contributed by atoms with van der Waals surface area (Å²) in [6.07, 6.45) is 1.16. The van der Waals surface area contributed by atoms with Crippen LogP contribution >= 0.6 is 0 Å². The van der Waals surface area contributed by atoms with Crippen molar-refractivity contribution in [2.45, 2.75) is 45.6 Å². The molecule has 0 bridgehead atoms. The normalized spacial score (nSPS) is 24.9.